The van der Waals surface area contributed by atoms with Crippen molar-refractivity contribution in [2.24, 2.45) is 0 Å². The first-order valence-electron chi connectivity index (χ1n) is 6.18. The third-order valence-electron chi connectivity index (χ3n) is 3.15. The summed E-state index contributed by atoms with van der Waals surface area (Å²) in [6.07, 6.45) is 1.59. The molecule has 0 saturated carbocycles. The Bertz CT molecular complexity index is 618. The second-order valence-corrected chi connectivity index (χ2v) is 4.55. The fourth-order valence-electron chi connectivity index (χ4n) is 1.92. The Labute approximate surface area is 117 Å². The lowest BCUT2D eigenvalue weighted by Crippen LogP contribution is -2.26. The first-order chi connectivity index (χ1) is 9.52. The lowest BCUT2D eigenvalue weighted by atomic mass is 10.1. The Morgan fingerprint density at radius 3 is 2.75 bits per heavy atom. The second kappa shape index (κ2) is 5.69. The summed E-state index contributed by atoms with van der Waals surface area (Å²) >= 11 is 0. The number of hydrogen-bond acceptors (Lipinski definition) is 4. The first kappa shape index (κ1) is 14.0. The smallest absolute Gasteiger partial charge is 0.257 e. The summed E-state index contributed by atoms with van der Waals surface area (Å²) in [6, 6.07) is 6.40. The first-order valence-corrected chi connectivity index (χ1v) is 6.18. The van der Waals surface area contributed by atoms with Crippen LogP contribution in [0.5, 0.6) is 11.5 Å². The fourth-order valence-corrected chi connectivity index (χ4v) is 1.92. The van der Waals surface area contributed by atoms with Gasteiger partial charge in [0.15, 0.2) is 0 Å². The standard InChI is InChI=1S/C15H17NO4/c1-10-11(6-7-20-10)9-16(2)15(18)13-8-12(19-3)4-5-14(13)17/h4-8,17H,9H2,1-3H3. The average Bonchev–Trinajstić information content (AvgIpc) is 2.84. The molecule has 106 valence electrons. The van der Waals surface area contributed by atoms with Gasteiger partial charge in [-0.15, -0.1) is 0 Å². The molecule has 5 heteroatoms. The van der Waals surface area contributed by atoms with E-state index in [1.54, 1.807) is 19.4 Å². The van der Waals surface area contributed by atoms with Gasteiger partial charge < -0.3 is 19.2 Å². The van der Waals surface area contributed by atoms with Crippen molar-refractivity contribution in [1.82, 2.24) is 4.90 Å². The molecule has 2 aromatic rings. The van der Waals surface area contributed by atoms with Gasteiger partial charge in [0.2, 0.25) is 0 Å². The van der Waals surface area contributed by atoms with Crippen molar-refractivity contribution in [3.05, 3.63) is 47.4 Å². The third kappa shape index (κ3) is 2.77. The van der Waals surface area contributed by atoms with E-state index in [-0.39, 0.29) is 17.2 Å². The molecule has 0 aliphatic rings. The second-order valence-electron chi connectivity index (χ2n) is 4.55. The van der Waals surface area contributed by atoms with E-state index in [0.29, 0.717) is 12.3 Å². The molecule has 0 aliphatic carbocycles. The lowest BCUT2D eigenvalue weighted by Gasteiger charge is -2.18. The van der Waals surface area contributed by atoms with Crippen LogP contribution in [-0.4, -0.2) is 30.1 Å². The average molecular weight is 275 g/mol. The van der Waals surface area contributed by atoms with Crippen LogP contribution in [0.3, 0.4) is 0 Å². The number of benzene rings is 1. The van der Waals surface area contributed by atoms with Gasteiger partial charge >= 0.3 is 0 Å². The summed E-state index contributed by atoms with van der Waals surface area (Å²) in [5, 5.41) is 9.81. The monoisotopic (exact) mass is 275 g/mol. The van der Waals surface area contributed by atoms with Crippen LogP contribution >= 0.6 is 0 Å². The van der Waals surface area contributed by atoms with Crippen molar-refractivity contribution >= 4 is 5.91 Å². The SMILES string of the molecule is COc1ccc(O)c(C(=O)N(C)Cc2ccoc2C)c1. The molecule has 5 nitrogen and oxygen atoms in total. The summed E-state index contributed by atoms with van der Waals surface area (Å²) in [4.78, 5) is 13.9. The van der Waals surface area contributed by atoms with Gasteiger partial charge in [-0.2, -0.15) is 0 Å². The van der Waals surface area contributed by atoms with E-state index in [4.69, 9.17) is 9.15 Å². The van der Waals surface area contributed by atoms with Crippen LogP contribution in [0, 0.1) is 6.92 Å². The van der Waals surface area contributed by atoms with Gasteiger partial charge in [-0.3, -0.25) is 4.79 Å². The molecule has 2 rings (SSSR count). The topological polar surface area (TPSA) is 62.9 Å². The molecule has 1 N–H and O–H groups in total. The molecule has 0 radical (unpaired) electrons. The molecule has 1 aromatic heterocycles. The van der Waals surface area contributed by atoms with Crippen LogP contribution in [0.2, 0.25) is 0 Å². The molecule has 0 bridgehead atoms. The molecule has 1 aromatic carbocycles. The number of carbonyl (C=O) groups is 1. The minimum atomic E-state index is -0.276. The number of nitrogens with zero attached hydrogens (tertiary/aromatic N) is 1. The maximum absolute atomic E-state index is 12.4. The van der Waals surface area contributed by atoms with Crippen molar-refractivity contribution in [3.63, 3.8) is 0 Å². The minimum absolute atomic E-state index is 0.0634. The van der Waals surface area contributed by atoms with E-state index in [0.717, 1.165) is 11.3 Å². The maximum atomic E-state index is 12.4. The highest BCUT2D eigenvalue weighted by molar-refractivity contribution is 5.97. The van der Waals surface area contributed by atoms with Crippen LogP contribution in [-0.2, 0) is 6.54 Å². The number of furan rings is 1. The van der Waals surface area contributed by atoms with Crippen molar-refractivity contribution in [2.45, 2.75) is 13.5 Å². The normalized spacial score (nSPS) is 10.3. The zero-order chi connectivity index (χ0) is 14.7. The van der Waals surface area contributed by atoms with E-state index in [9.17, 15) is 9.90 Å². The highest BCUT2D eigenvalue weighted by Gasteiger charge is 2.18. The van der Waals surface area contributed by atoms with Crippen LogP contribution in [0.15, 0.2) is 34.9 Å². The number of methoxy groups -OCH3 is 1. The predicted octanol–water partition coefficient (Wildman–Crippen LogP) is 2.57. The number of aromatic hydroxyl groups is 1. The van der Waals surface area contributed by atoms with Crippen molar-refractivity contribution in [2.75, 3.05) is 14.2 Å². The summed E-state index contributed by atoms with van der Waals surface area (Å²) in [6.45, 7) is 2.26. The number of carbonyl (C=O) groups excluding carboxylic acids is 1. The molecule has 0 atom stereocenters. The summed E-state index contributed by atoms with van der Waals surface area (Å²) in [7, 11) is 3.19. The van der Waals surface area contributed by atoms with Gasteiger partial charge in [0, 0.05) is 19.2 Å². The third-order valence-corrected chi connectivity index (χ3v) is 3.15. The van der Waals surface area contributed by atoms with Crippen molar-refractivity contribution < 1.29 is 19.1 Å². The van der Waals surface area contributed by atoms with Gasteiger partial charge in [-0.1, -0.05) is 0 Å². The zero-order valence-electron chi connectivity index (χ0n) is 11.7. The van der Waals surface area contributed by atoms with E-state index >= 15 is 0 Å². The molecular formula is C15H17NO4. The molecule has 1 heterocycles. The molecular weight excluding hydrogens is 258 g/mol. The Kier molecular flexibility index (Phi) is 3.98. The number of hydrogen-bond donors (Lipinski definition) is 1. The summed E-state index contributed by atoms with van der Waals surface area (Å²) in [5.41, 5.74) is 1.15. The van der Waals surface area contributed by atoms with Crippen LogP contribution < -0.4 is 4.74 Å². The zero-order valence-corrected chi connectivity index (χ0v) is 11.7. The Morgan fingerprint density at radius 2 is 2.15 bits per heavy atom. The van der Waals surface area contributed by atoms with E-state index in [1.807, 2.05) is 13.0 Å². The molecule has 0 saturated heterocycles. The predicted molar refractivity (Wildman–Crippen MR) is 73.9 cm³/mol. The lowest BCUT2D eigenvalue weighted by molar-refractivity contribution is 0.0781. The van der Waals surface area contributed by atoms with Crippen molar-refractivity contribution in [3.8, 4) is 11.5 Å². The molecule has 20 heavy (non-hydrogen) atoms. The van der Waals surface area contributed by atoms with E-state index < -0.39 is 0 Å². The fraction of sp³-hybridized carbons (Fsp3) is 0.267. The van der Waals surface area contributed by atoms with Crippen LogP contribution in [0.4, 0.5) is 0 Å². The van der Waals surface area contributed by atoms with Crippen molar-refractivity contribution in [1.29, 1.82) is 0 Å². The quantitative estimate of drug-likeness (QED) is 0.931. The summed E-state index contributed by atoms with van der Waals surface area (Å²) < 4.78 is 10.3. The van der Waals surface area contributed by atoms with Gasteiger partial charge in [-0.25, -0.2) is 0 Å². The molecule has 1 amide bonds. The Morgan fingerprint density at radius 1 is 1.40 bits per heavy atom. The summed E-state index contributed by atoms with van der Waals surface area (Å²) in [5.74, 6) is 0.965. The number of ether oxygens (including phenoxy) is 1. The largest absolute Gasteiger partial charge is 0.507 e. The van der Waals surface area contributed by atoms with Crippen LogP contribution in [0.25, 0.3) is 0 Å². The number of phenols is 1. The van der Waals surface area contributed by atoms with Gasteiger partial charge in [0.05, 0.1) is 18.9 Å². The van der Waals surface area contributed by atoms with E-state index in [1.165, 1.54) is 24.1 Å². The Hall–Kier alpha value is -2.43. The number of amides is 1. The van der Waals surface area contributed by atoms with Gasteiger partial charge in [0.1, 0.15) is 17.3 Å². The van der Waals surface area contributed by atoms with Gasteiger partial charge in [-0.05, 0) is 31.2 Å². The highest BCUT2D eigenvalue weighted by Crippen LogP contribution is 2.24. The number of phenolic OH excluding ortho intramolecular Hbond substituents is 1. The maximum Gasteiger partial charge on any atom is 0.257 e. The van der Waals surface area contributed by atoms with Gasteiger partial charge in [0.25, 0.3) is 5.91 Å². The highest BCUT2D eigenvalue weighted by atomic mass is 16.5. The number of aryl methyl sites for hydroxylation is 1. The Balaban J connectivity index is 2.20. The molecule has 0 spiro atoms. The van der Waals surface area contributed by atoms with Crippen LogP contribution in [0.1, 0.15) is 21.7 Å². The molecule has 0 unspecified atom stereocenters. The molecule has 0 aliphatic heterocycles. The minimum Gasteiger partial charge on any atom is -0.507 e. The molecule has 0 fully saturated rings. The number of rotatable bonds is 4. The van der Waals surface area contributed by atoms with E-state index in [2.05, 4.69) is 0 Å².